The molecule has 5 nitrogen and oxygen atoms in total. The Kier molecular flexibility index (Phi) is 6.03. The first-order chi connectivity index (χ1) is 9.49. The second kappa shape index (κ2) is 7.53. The van der Waals surface area contributed by atoms with Crippen LogP contribution in [0.2, 0.25) is 0 Å². The van der Waals surface area contributed by atoms with Crippen molar-refractivity contribution in [2.75, 3.05) is 13.7 Å². The zero-order chi connectivity index (χ0) is 15.1. The van der Waals surface area contributed by atoms with Crippen LogP contribution in [-0.2, 0) is 4.79 Å². The largest absolute Gasteiger partial charge is 0.493 e. The molecule has 1 aromatic rings. The van der Waals surface area contributed by atoms with Gasteiger partial charge < -0.3 is 14.8 Å². The minimum atomic E-state index is -0.228. The fourth-order valence-electron chi connectivity index (χ4n) is 1.54. The Morgan fingerprint density at radius 3 is 2.60 bits per heavy atom. The Bertz CT molecular complexity index is 471. The number of hydrogen-bond acceptors (Lipinski definition) is 4. The predicted molar refractivity (Wildman–Crippen MR) is 76.3 cm³/mol. The lowest BCUT2D eigenvalue weighted by Crippen LogP contribution is -2.39. The Morgan fingerprint density at radius 1 is 1.35 bits per heavy atom. The van der Waals surface area contributed by atoms with Gasteiger partial charge in [0.25, 0.3) is 5.91 Å². The van der Waals surface area contributed by atoms with Crippen LogP contribution in [0, 0.1) is 5.92 Å². The lowest BCUT2D eigenvalue weighted by Gasteiger charge is -2.18. The van der Waals surface area contributed by atoms with E-state index in [2.05, 4.69) is 5.32 Å². The van der Waals surface area contributed by atoms with E-state index < -0.39 is 0 Å². The van der Waals surface area contributed by atoms with Crippen LogP contribution in [0.1, 0.15) is 31.1 Å². The molecule has 0 radical (unpaired) electrons. The molecule has 0 aliphatic carbocycles. The van der Waals surface area contributed by atoms with E-state index in [-0.39, 0.29) is 24.3 Å². The number of hydrogen-bond donors (Lipinski definition) is 1. The maximum atomic E-state index is 11.8. The molecule has 110 valence electrons. The van der Waals surface area contributed by atoms with E-state index in [1.165, 1.54) is 7.11 Å². The molecule has 0 heterocycles. The number of benzene rings is 1. The van der Waals surface area contributed by atoms with E-state index in [9.17, 15) is 9.59 Å². The van der Waals surface area contributed by atoms with Crippen LogP contribution in [0.15, 0.2) is 18.2 Å². The van der Waals surface area contributed by atoms with Crippen molar-refractivity contribution >= 4 is 12.2 Å². The maximum absolute atomic E-state index is 11.8. The van der Waals surface area contributed by atoms with Gasteiger partial charge in [0.05, 0.1) is 12.7 Å². The molecule has 0 aliphatic heterocycles. The Balaban J connectivity index is 2.70. The van der Waals surface area contributed by atoms with E-state index in [4.69, 9.17) is 9.47 Å². The highest BCUT2D eigenvalue weighted by atomic mass is 16.5. The highest BCUT2D eigenvalue weighted by Gasteiger charge is 2.14. The predicted octanol–water partition coefficient (Wildman–Crippen LogP) is 2.05. The van der Waals surface area contributed by atoms with Crippen LogP contribution in [0.4, 0.5) is 0 Å². The van der Waals surface area contributed by atoms with Crippen molar-refractivity contribution in [1.82, 2.24) is 5.32 Å². The second-order valence-electron chi connectivity index (χ2n) is 4.89. The number of carbonyl (C=O) groups is 2. The van der Waals surface area contributed by atoms with Gasteiger partial charge in [-0.2, -0.15) is 0 Å². The Labute approximate surface area is 119 Å². The van der Waals surface area contributed by atoms with Gasteiger partial charge in [0.2, 0.25) is 0 Å². The molecule has 0 bridgehead atoms. The highest BCUT2D eigenvalue weighted by molar-refractivity contribution is 5.82. The van der Waals surface area contributed by atoms with E-state index in [1.54, 1.807) is 18.2 Å². The first-order valence-electron chi connectivity index (χ1n) is 6.54. The molecule has 1 aromatic carbocycles. The molecule has 1 atom stereocenters. The lowest BCUT2D eigenvalue weighted by molar-refractivity contribution is -0.124. The van der Waals surface area contributed by atoms with Crippen LogP contribution < -0.4 is 14.8 Å². The molecule has 1 N–H and O–H groups in total. The van der Waals surface area contributed by atoms with Crippen molar-refractivity contribution in [1.29, 1.82) is 0 Å². The standard InChI is InChI=1S/C15H21NO4/c1-10(2)11(3)16-14(18)9-20-15-12(8-17)6-5-7-13(15)19-4/h5-8,10-11H,9H2,1-4H3,(H,16,18). The van der Waals surface area contributed by atoms with Crippen molar-refractivity contribution in [3.05, 3.63) is 23.8 Å². The number of amides is 1. The van der Waals surface area contributed by atoms with Gasteiger partial charge in [-0.25, -0.2) is 0 Å². The molecule has 20 heavy (non-hydrogen) atoms. The van der Waals surface area contributed by atoms with Gasteiger partial charge in [-0.15, -0.1) is 0 Å². The molecule has 0 spiro atoms. The third-order valence-electron chi connectivity index (χ3n) is 3.09. The van der Waals surface area contributed by atoms with Crippen LogP contribution in [0.25, 0.3) is 0 Å². The molecule has 0 fully saturated rings. The fraction of sp³-hybridized carbons (Fsp3) is 0.467. The van der Waals surface area contributed by atoms with Crippen molar-refractivity contribution in [3.8, 4) is 11.5 Å². The van der Waals surface area contributed by atoms with E-state index in [1.807, 2.05) is 20.8 Å². The summed E-state index contributed by atoms with van der Waals surface area (Å²) < 4.78 is 10.5. The summed E-state index contributed by atoms with van der Waals surface area (Å²) in [7, 11) is 1.48. The molecular weight excluding hydrogens is 258 g/mol. The number of methoxy groups -OCH3 is 1. The van der Waals surface area contributed by atoms with Gasteiger partial charge in [0.1, 0.15) is 0 Å². The Morgan fingerprint density at radius 2 is 2.05 bits per heavy atom. The fourth-order valence-corrected chi connectivity index (χ4v) is 1.54. The summed E-state index contributed by atoms with van der Waals surface area (Å²) in [5.74, 6) is 0.835. The summed E-state index contributed by atoms with van der Waals surface area (Å²) in [6, 6.07) is 5.04. The summed E-state index contributed by atoms with van der Waals surface area (Å²) in [4.78, 5) is 22.7. The van der Waals surface area contributed by atoms with Crippen LogP contribution in [0.3, 0.4) is 0 Å². The number of para-hydroxylation sites is 1. The van der Waals surface area contributed by atoms with E-state index in [0.29, 0.717) is 23.5 Å². The molecule has 0 aromatic heterocycles. The summed E-state index contributed by atoms with van der Waals surface area (Å²) in [6.45, 7) is 5.83. The number of ether oxygens (including phenoxy) is 2. The van der Waals surface area contributed by atoms with Gasteiger partial charge in [0.15, 0.2) is 24.4 Å². The molecule has 1 rings (SSSR count). The quantitative estimate of drug-likeness (QED) is 0.776. The first kappa shape index (κ1) is 16.0. The number of aldehydes is 1. The third-order valence-corrected chi connectivity index (χ3v) is 3.09. The summed E-state index contributed by atoms with van der Waals surface area (Å²) in [5.41, 5.74) is 0.356. The molecule has 1 unspecified atom stereocenters. The smallest absolute Gasteiger partial charge is 0.258 e. The van der Waals surface area contributed by atoms with Gasteiger partial charge in [-0.3, -0.25) is 9.59 Å². The summed E-state index contributed by atoms with van der Waals surface area (Å²) in [6.07, 6.45) is 0.673. The number of nitrogens with one attached hydrogen (secondary N) is 1. The molecule has 5 heteroatoms. The van der Waals surface area contributed by atoms with E-state index in [0.717, 1.165) is 0 Å². The van der Waals surface area contributed by atoms with Gasteiger partial charge >= 0.3 is 0 Å². The number of rotatable bonds is 7. The molecular formula is C15H21NO4. The average molecular weight is 279 g/mol. The van der Waals surface area contributed by atoms with Gasteiger partial charge in [0, 0.05) is 6.04 Å². The normalized spacial score (nSPS) is 11.8. The SMILES string of the molecule is COc1cccc(C=O)c1OCC(=O)NC(C)C(C)C. The van der Waals surface area contributed by atoms with Crippen molar-refractivity contribution in [2.45, 2.75) is 26.8 Å². The molecule has 0 aliphatic rings. The zero-order valence-corrected chi connectivity index (χ0v) is 12.3. The van der Waals surface area contributed by atoms with Crippen molar-refractivity contribution < 1.29 is 19.1 Å². The van der Waals surface area contributed by atoms with E-state index >= 15 is 0 Å². The Hall–Kier alpha value is -2.04. The summed E-state index contributed by atoms with van der Waals surface area (Å²) in [5, 5.41) is 2.83. The van der Waals surface area contributed by atoms with Gasteiger partial charge in [-0.1, -0.05) is 19.9 Å². The van der Waals surface area contributed by atoms with Crippen LogP contribution in [-0.4, -0.2) is 32.0 Å². The zero-order valence-electron chi connectivity index (χ0n) is 12.3. The first-order valence-corrected chi connectivity index (χ1v) is 6.54. The van der Waals surface area contributed by atoms with Crippen LogP contribution in [0.5, 0.6) is 11.5 Å². The van der Waals surface area contributed by atoms with Crippen LogP contribution >= 0.6 is 0 Å². The number of carbonyl (C=O) groups excluding carboxylic acids is 2. The third kappa shape index (κ3) is 4.26. The monoisotopic (exact) mass is 279 g/mol. The summed E-state index contributed by atoms with van der Waals surface area (Å²) >= 11 is 0. The molecule has 0 saturated carbocycles. The minimum absolute atomic E-state index is 0.0642. The topological polar surface area (TPSA) is 64.6 Å². The molecule has 1 amide bonds. The second-order valence-corrected chi connectivity index (χ2v) is 4.89. The maximum Gasteiger partial charge on any atom is 0.258 e. The van der Waals surface area contributed by atoms with Gasteiger partial charge in [-0.05, 0) is 25.0 Å². The molecule has 0 saturated heterocycles. The lowest BCUT2D eigenvalue weighted by atomic mass is 10.1. The highest BCUT2D eigenvalue weighted by Crippen LogP contribution is 2.29. The van der Waals surface area contributed by atoms with Crippen molar-refractivity contribution in [3.63, 3.8) is 0 Å². The van der Waals surface area contributed by atoms with Crippen molar-refractivity contribution in [2.24, 2.45) is 5.92 Å². The average Bonchev–Trinajstić information content (AvgIpc) is 2.44. The minimum Gasteiger partial charge on any atom is -0.493 e.